The van der Waals surface area contributed by atoms with E-state index in [4.69, 9.17) is 4.74 Å². The molecule has 20 heavy (non-hydrogen) atoms. The zero-order valence-corrected chi connectivity index (χ0v) is 13.4. The molecule has 0 aromatic carbocycles. The van der Waals surface area contributed by atoms with E-state index in [2.05, 4.69) is 17.1 Å². The highest BCUT2D eigenvalue weighted by Gasteiger charge is 2.35. The maximum atomic E-state index is 5.72. The summed E-state index contributed by atoms with van der Waals surface area (Å²) in [4.78, 5) is 2.63. The number of methoxy groups -OCH3 is 1. The number of nitrogens with zero attached hydrogens (tertiary/aromatic N) is 1. The van der Waals surface area contributed by atoms with E-state index < -0.39 is 0 Å². The lowest BCUT2D eigenvalue weighted by Gasteiger charge is -2.44. The first-order chi connectivity index (χ1) is 9.68. The molecule has 0 aromatic rings. The van der Waals surface area contributed by atoms with Gasteiger partial charge in [-0.3, -0.25) is 4.90 Å². The van der Waals surface area contributed by atoms with E-state index in [0.29, 0.717) is 6.04 Å². The van der Waals surface area contributed by atoms with E-state index in [1.165, 1.54) is 64.5 Å². The molecule has 0 amide bonds. The molecule has 2 saturated heterocycles. The van der Waals surface area contributed by atoms with Gasteiger partial charge in [0.05, 0.1) is 5.60 Å². The molecule has 4 atom stereocenters. The van der Waals surface area contributed by atoms with Crippen molar-refractivity contribution in [2.75, 3.05) is 26.7 Å². The maximum Gasteiger partial charge on any atom is 0.0777 e. The standard InChI is InChI=1S/C17H32N2O/c1-17(20-2)10-5-11-19(13-17)12-15-9-8-14-6-3-4-7-16(14)18-15/h14-16,18H,3-13H2,1-2H3. The molecule has 1 N–H and O–H groups in total. The Morgan fingerprint density at radius 3 is 2.85 bits per heavy atom. The number of fused-ring (bicyclic) bond motifs is 1. The van der Waals surface area contributed by atoms with Crippen molar-refractivity contribution in [1.29, 1.82) is 0 Å². The molecule has 0 bridgehead atoms. The lowest BCUT2D eigenvalue weighted by Crippen LogP contribution is -2.56. The number of likely N-dealkylation sites (tertiary alicyclic amines) is 1. The fourth-order valence-corrected chi connectivity index (χ4v) is 4.66. The molecule has 0 spiro atoms. The molecule has 1 saturated carbocycles. The number of piperidine rings is 2. The Kier molecular flexibility index (Phi) is 4.68. The van der Waals surface area contributed by atoms with Crippen molar-refractivity contribution in [1.82, 2.24) is 10.2 Å². The Balaban J connectivity index is 1.50. The summed E-state index contributed by atoms with van der Waals surface area (Å²) in [6, 6.07) is 1.54. The van der Waals surface area contributed by atoms with Crippen LogP contribution >= 0.6 is 0 Å². The first-order valence-electron chi connectivity index (χ1n) is 8.72. The number of ether oxygens (including phenoxy) is 1. The van der Waals surface area contributed by atoms with Crippen molar-refractivity contribution >= 4 is 0 Å². The summed E-state index contributed by atoms with van der Waals surface area (Å²) in [6.07, 6.45) is 11.1. The van der Waals surface area contributed by atoms with Gasteiger partial charge in [-0.1, -0.05) is 12.8 Å². The molecule has 3 nitrogen and oxygen atoms in total. The average molecular weight is 280 g/mol. The van der Waals surface area contributed by atoms with E-state index in [9.17, 15) is 0 Å². The Hall–Kier alpha value is -0.120. The Morgan fingerprint density at radius 2 is 2.00 bits per heavy atom. The summed E-state index contributed by atoms with van der Waals surface area (Å²) in [5.41, 5.74) is 0.0836. The quantitative estimate of drug-likeness (QED) is 0.860. The number of nitrogens with one attached hydrogen (secondary N) is 1. The highest BCUT2D eigenvalue weighted by atomic mass is 16.5. The smallest absolute Gasteiger partial charge is 0.0777 e. The maximum absolute atomic E-state index is 5.72. The summed E-state index contributed by atoms with van der Waals surface area (Å²) in [5.74, 6) is 0.977. The van der Waals surface area contributed by atoms with Crippen LogP contribution in [0, 0.1) is 5.92 Å². The second-order valence-corrected chi connectivity index (χ2v) is 7.58. The molecule has 3 heteroatoms. The van der Waals surface area contributed by atoms with E-state index in [1.807, 2.05) is 7.11 Å². The predicted octanol–water partition coefficient (Wildman–Crippen LogP) is 2.80. The van der Waals surface area contributed by atoms with Gasteiger partial charge >= 0.3 is 0 Å². The van der Waals surface area contributed by atoms with Gasteiger partial charge in [-0.2, -0.15) is 0 Å². The highest BCUT2D eigenvalue weighted by molar-refractivity contribution is 4.92. The van der Waals surface area contributed by atoms with Crippen LogP contribution in [-0.2, 0) is 4.74 Å². The third kappa shape index (κ3) is 3.37. The second kappa shape index (κ2) is 6.33. The molecule has 3 rings (SSSR count). The first-order valence-corrected chi connectivity index (χ1v) is 8.72. The topological polar surface area (TPSA) is 24.5 Å². The molecule has 116 valence electrons. The minimum Gasteiger partial charge on any atom is -0.377 e. The monoisotopic (exact) mass is 280 g/mol. The lowest BCUT2D eigenvalue weighted by molar-refractivity contribution is -0.0537. The Labute approximate surface area is 124 Å². The van der Waals surface area contributed by atoms with Crippen molar-refractivity contribution in [2.45, 2.75) is 76.0 Å². The van der Waals surface area contributed by atoms with E-state index >= 15 is 0 Å². The van der Waals surface area contributed by atoms with Gasteiger partial charge in [0.1, 0.15) is 0 Å². The summed E-state index contributed by atoms with van der Waals surface area (Å²) in [6.45, 7) is 5.85. The molecule has 2 aliphatic heterocycles. The number of rotatable bonds is 3. The van der Waals surface area contributed by atoms with Crippen LogP contribution in [0.15, 0.2) is 0 Å². The normalized spacial score (nSPS) is 43.2. The van der Waals surface area contributed by atoms with Crippen molar-refractivity contribution in [3.05, 3.63) is 0 Å². The van der Waals surface area contributed by atoms with Crippen molar-refractivity contribution in [2.24, 2.45) is 5.92 Å². The largest absolute Gasteiger partial charge is 0.377 e. The van der Waals surface area contributed by atoms with Crippen molar-refractivity contribution in [3.63, 3.8) is 0 Å². The van der Waals surface area contributed by atoms with Gasteiger partial charge in [0.2, 0.25) is 0 Å². The average Bonchev–Trinajstić information content (AvgIpc) is 2.47. The minimum absolute atomic E-state index is 0.0836. The van der Waals surface area contributed by atoms with Crippen LogP contribution in [0.25, 0.3) is 0 Å². The fourth-order valence-electron chi connectivity index (χ4n) is 4.66. The molecule has 0 aromatic heterocycles. The van der Waals surface area contributed by atoms with E-state index in [0.717, 1.165) is 18.5 Å². The highest BCUT2D eigenvalue weighted by Crippen LogP contribution is 2.33. The van der Waals surface area contributed by atoms with Crippen LogP contribution in [0.1, 0.15) is 58.3 Å². The van der Waals surface area contributed by atoms with Crippen LogP contribution < -0.4 is 5.32 Å². The van der Waals surface area contributed by atoms with Crippen LogP contribution in [0.2, 0.25) is 0 Å². The van der Waals surface area contributed by atoms with E-state index in [1.54, 1.807) is 0 Å². The summed E-state index contributed by atoms with van der Waals surface area (Å²) in [7, 11) is 1.87. The first kappa shape index (κ1) is 14.8. The molecule has 1 aliphatic carbocycles. The van der Waals surface area contributed by atoms with Gasteiger partial charge in [0, 0.05) is 32.3 Å². The van der Waals surface area contributed by atoms with Gasteiger partial charge in [-0.15, -0.1) is 0 Å². The van der Waals surface area contributed by atoms with Crippen molar-refractivity contribution in [3.8, 4) is 0 Å². The van der Waals surface area contributed by atoms with Crippen molar-refractivity contribution < 1.29 is 4.74 Å². The Bertz CT molecular complexity index is 322. The van der Waals surface area contributed by atoms with Gasteiger partial charge in [-0.05, 0) is 57.9 Å². The lowest BCUT2D eigenvalue weighted by atomic mass is 9.77. The minimum atomic E-state index is 0.0836. The zero-order chi connectivity index (χ0) is 14.0. The molecule has 3 fully saturated rings. The van der Waals surface area contributed by atoms with Gasteiger partial charge < -0.3 is 10.1 Å². The third-order valence-electron chi connectivity index (χ3n) is 5.95. The number of hydrogen-bond donors (Lipinski definition) is 1. The molecule has 2 heterocycles. The molecule has 4 unspecified atom stereocenters. The SMILES string of the molecule is COC1(C)CCCN(CC2CCC3CCCCC3N2)C1. The van der Waals surface area contributed by atoms with Crippen LogP contribution in [0.3, 0.4) is 0 Å². The fraction of sp³-hybridized carbons (Fsp3) is 1.00. The van der Waals surface area contributed by atoms with Crippen LogP contribution in [0.5, 0.6) is 0 Å². The molecular weight excluding hydrogens is 248 g/mol. The van der Waals surface area contributed by atoms with Gasteiger partial charge in [0.25, 0.3) is 0 Å². The van der Waals surface area contributed by atoms with E-state index in [-0.39, 0.29) is 5.60 Å². The third-order valence-corrected chi connectivity index (χ3v) is 5.95. The molecule has 0 radical (unpaired) electrons. The van der Waals surface area contributed by atoms with Crippen LogP contribution in [0.4, 0.5) is 0 Å². The summed E-state index contributed by atoms with van der Waals surface area (Å²) < 4.78 is 5.72. The van der Waals surface area contributed by atoms with Crippen LogP contribution in [-0.4, -0.2) is 49.3 Å². The Morgan fingerprint density at radius 1 is 1.15 bits per heavy atom. The molecule has 3 aliphatic rings. The van der Waals surface area contributed by atoms with Gasteiger partial charge in [-0.25, -0.2) is 0 Å². The zero-order valence-electron chi connectivity index (χ0n) is 13.4. The summed E-state index contributed by atoms with van der Waals surface area (Å²) in [5, 5.41) is 3.97. The number of hydrogen-bond acceptors (Lipinski definition) is 3. The predicted molar refractivity (Wildman–Crippen MR) is 83.0 cm³/mol. The van der Waals surface area contributed by atoms with Gasteiger partial charge in [0.15, 0.2) is 0 Å². The summed E-state index contributed by atoms with van der Waals surface area (Å²) >= 11 is 0. The molecular formula is C17H32N2O. The second-order valence-electron chi connectivity index (χ2n) is 7.58.